The number of hydrogen-bond donors (Lipinski definition) is 1. The second-order valence-corrected chi connectivity index (χ2v) is 4.45. The van der Waals surface area contributed by atoms with E-state index in [1.54, 1.807) is 0 Å². The zero-order valence-corrected chi connectivity index (χ0v) is 10.5. The Morgan fingerprint density at radius 2 is 2.06 bits per heavy atom. The number of aliphatic carboxylic acids is 1. The van der Waals surface area contributed by atoms with Crippen molar-refractivity contribution in [2.75, 3.05) is 0 Å². The van der Waals surface area contributed by atoms with Gasteiger partial charge in [-0.15, -0.1) is 10.2 Å². The molecule has 0 amide bonds. The molecule has 0 aliphatic carbocycles. The molecule has 1 N–H and O–H groups in total. The largest absolute Gasteiger partial charge is 0.481 e. The summed E-state index contributed by atoms with van der Waals surface area (Å²) in [5.41, 5.74) is 0. The van der Waals surface area contributed by atoms with Crippen molar-refractivity contribution in [1.82, 2.24) is 10.2 Å². The average Bonchev–Trinajstić information content (AvgIpc) is 2.64. The zero-order valence-electron chi connectivity index (χ0n) is 10.5. The molecule has 1 heterocycles. The third-order valence-corrected chi connectivity index (χ3v) is 2.55. The van der Waals surface area contributed by atoms with Crippen LogP contribution in [-0.4, -0.2) is 21.3 Å². The van der Waals surface area contributed by atoms with Crippen molar-refractivity contribution in [3.8, 4) is 0 Å². The minimum Gasteiger partial charge on any atom is -0.481 e. The molecule has 1 unspecified atom stereocenters. The molecule has 0 spiro atoms. The first-order valence-electron chi connectivity index (χ1n) is 6.14. The lowest BCUT2D eigenvalue weighted by atomic mass is 10.0. The number of unbranched alkanes of at least 4 members (excludes halogenated alkanes) is 2. The molecular weight excluding hydrogens is 220 g/mol. The fourth-order valence-electron chi connectivity index (χ4n) is 1.67. The van der Waals surface area contributed by atoms with Gasteiger partial charge >= 0.3 is 5.97 Å². The molecule has 96 valence electrons. The van der Waals surface area contributed by atoms with Crippen LogP contribution in [-0.2, 0) is 17.6 Å². The number of aromatic nitrogens is 2. The Balaban J connectivity index is 2.37. The Bertz CT molecular complexity index is 349. The van der Waals surface area contributed by atoms with Crippen LogP contribution in [0.2, 0.25) is 0 Å². The van der Waals surface area contributed by atoms with Crippen molar-refractivity contribution < 1.29 is 14.3 Å². The standard InChI is InChI=1S/C12H20N2O3/c1-3-4-5-6-10-13-14-11(17-10)7-9(2)8-12(15)16/h9H,3-8H2,1-2H3,(H,15,16). The number of carbonyl (C=O) groups is 1. The van der Waals surface area contributed by atoms with Crippen LogP contribution in [0.15, 0.2) is 4.42 Å². The van der Waals surface area contributed by atoms with Crippen LogP contribution >= 0.6 is 0 Å². The number of aryl methyl sites for hydroxylation is 1. The van der Waals surface area contributed by atoms with Crippen LogP contribution < -0.4 is 0 Å². The Morgan fingerprint density at radius 1 is 1.35 bits per heavy atom. The van der Waals surface area contributed by atoms with Crippen LogP contribution in [0.5, 0.6) is 0 Å². The fourth-order valence-corrected chi connectivity index (χ4v) is 1.67. The van der Waals surface area contributed by atoms with Crippen molar-refractivity contribution in [2.45, 2.75) is 52.4 Å². The van der Waals surface area contributed by atoms with E-state index in [9.17, 15) is 4.79 Å². The van der Waals surface area contributed by atoms with Gasteiger partial charge in [0, 0.05) is 19.3 Å². The molecule has 5 nitrogen and oxygen atoms in total. The molecule has 0 saturated heterocycles. The lowest BCUT2D eigenvalue weighted by Gasteiger charge is -2.03. The van der Waals surface area contributed by atoms with Gasteiger partial charge in [0.15, 0.2) is 0 Å². The first-order valence-corrected chi connectivity index (χ1v) is 6.14. The van der Waals surface area contributed by atoms with Gasteiger partial charge in [-0.3, -0.25) is 4.79 Å². The van der Waals surface area contributed by atoms with E-state index in [0.29, 0.717) is 18.2 Å². The minimum absolute atomic E-state index is 0.0245. The smallest absolute Gasteiger partial charge is 0.303 e. The van der Waals surface area contributed by atoms with Gasteiger partial charge in [0.1, 0.15) is 0 Å². The molecule has 0 bridgehead atoms. The number of rotatable bonds is 8. The summed E-state index contributed by atoms with van der Waals surface area (Å²) in [4.78, 5) is 10.5. The summed E-state index contributed by atoms with van der Waals surface area (Å²) in [6, 6.07) is 0. The second kappa shape index (κ2) is 7.04. The molecule has 0 saturated carbocycles. The summed E-state index contributed by atoms with van der Waals surface area (Å²) in [5.74, 6) is 0.442. The van der Waals surface area contributed by atoms with Crippen molar-refractivity contribution in [1.29, 1.82) is 0 Å². The monoisotopic (exact) mass is 240 g/mol. The highest BCUT2D eigenvalue weighted by atomic mass is 16.4. The van der Waals surface area contributed by atoms with E-state index >= 15 is 0 Å². The quantitative estimate of drug-likeness (QED) is 0.706. The number of carboxylic acids is 1. The van der Waals surface area contributed by atoms with Crippen LogP contribution in [0.4, 0.5) is 0 Å². The predicted octanol–water partition coefficient (Wildman–Crippen LogP) is 2.46. The number of nitrogens with zero attached hydrogens (tertiary/aromatic N) is 2. The molecule has 17 heavy (non-hydrogen) atoms. The van der Waals surface area contributed by atoms with Gasteiger partial charge in [0.2, 0.25) is 11.8 Å². The highest BCUT2D eigenvalue weighted by Crippen LogP contribution is 2.12. The predicted molar refractivity (Wildman–Crippen MR) is 62.6 cm³/mol. The maximum Gasteiger partial charge on any atom is 0.303 e. The van der Waals surface area contributed by atoms with Crippen molar-refractivity contribution in [3.63, 3.8) is 0 Å². The zero-order chi connectivity index (χ0) is 12.7. The molecule has 1 atom stereocenters. The highest BCUT2D eigenvalue weighted by molar-refractivity contribution is 5.66. The van der Waals surface area contributed by atoms with Crippen LogP contribution in [0.1, 0.15) is 51.3 Å². The highest BCUT2D eigenvalue weighted by Gasteiger charge is 2.13. The van der Waals surface area contributed by atoms with Gasteiger partial charge in [-0.05, 0) is 12.3 Å². The number of hydrogen-bond acceptors (Lipinski definition) is 4. The number of carboxylic acid groups (broad SMARTS) is 1. The van der Waals surface area contributed by atoms with E-state index in [-0.39, 0.29) is 12.3 Å². The van der Waals surface area contributed by atoms with Gasteiger partial charge in [-0.1, -0.05) is 26.7 Å². The second-order valence-electron chi connectivity index (χ2n) is 4.45. The molecule has 1 rings (SSSR count). The fraction of sp³-hybridized carbons (Fsp3) is 0.750. The van der Waals surface area contributed by atoms with Crippen molar-refractivity contribution in [2.24, 2.45) is 5.92 Å². The molecule has 0 radical (unpaired) electrons. The Kier molecular flexibility index (Phi) is 5.66. The third kappa shape index (κ3) is 5.47. The lowest BCUT2D eigenvalue weighted by molar-refractivity contribution is -0.137. The lowest BCUT2D eigenvalue weighted by Crippen LogP contribution is -2.07. The summed E-state index contributed by atoms with van der Waals surface area (Å²) < 4.78 is 5.47. The summed E-state index contributed by atoms with van der Waals surface area (Å²) in [5, 5.41) is 16.5. The van der Waals surface area contributed by atoms with E-state index in [2.05, 4.69) is 17.1 Å². The summed E-state index contributed by atoms with van der Waals surface area (Å²) >= 11 is 0. The SMILES string of the molecule is CCCCCc1nnc(CC(C)CC(=O)O)o1. The maximum atomic E-state index is 10.5. The average molecular weight is 240 g/mol. The summed E-state index contributed by atoms with van der Waals surface area (Å²) in [6.07, 6.45) is 4.86. The molecule has 1 aromatic heterocycles. The Labute approximate surface area is 101 Å². The normalized spacial score (nSPS) is 12.6. The van der Waals surface area contributed by atoms with Gasteiger partial charge < -0.3 is 9.52 Å². The van der Waals surface area contributed by atoms with Gasteiger partial charge in [0.05, 0.1) is 0 Å². The van der Waals surface area contributed by atoms with Crippen molar-refractivity contribution >= 4 is 5.97 Å². The van der Waals surface area contributed by atoms with E-state index < -0.39 is 5.97 Å². The van der Waals surface area contributed by atoms with E-state index in [1.165, 1.54) is 0 Å². The van der Waals surface area contributed by atoms with Gasteiger partial charge in [-0.25, -0.2) is 0 Å². The molecular formula is C12H20N2O3. The minimum atomic E-state index is -0.791. The summed E-state index contributed by atoms with van der Waals surface area (Å²) in [7, 11) is 0. The van der Waals surface area contributed by atoms with Crippen LogP contribution in [0.3, 0.4) is 0 Å². The third-order valence-electron chi connectivity index (χ3n) is 2.55. The first kappa shape index (κ1) is 13.7. The van der Waals surface area contributed by atoms with Gasteiger partial charge in [0.25, 0.3) is 0 Å². The van der Waals surface area contributed by atoms with Crippen molar-refractivity contribution in [3.05, 3.63) is 11.8 Å². The van der Waals surface area contributed by atoms with Crippen LogP contribution in [0, 0.1) is 5.92 Å². The first-order chi connectivity index (χ1) is 8.11. The van der Waals surface area contributed by atoms with E-state index in [4.69, 9.17) is 9.52 Å². The maximum absolute atomic E-state index is 10.5. The Morgan fingerprint density at radius 3 is 2.71 bits per heavy atom. The molecule has 1 aromatic rings. The van der Waals surface area contributed by atoms with Gasteiger partial charge in [-0.2, -0.15) is 0 Å². The summed E-state index contributed by atoms with van der Waals surface area (Å²) in [6.45, 7) is 4.02. The molecule has 0 fully saturated rings. The molecule has 0 aromatic carbocycles. The van der Waals surface area contributed by atoms with Crippen LogP contribution in [0.25, 0.3) is 0 Å². The molecule has 0 aliphatic heterocycles. The molecule has 0 aliphatic rings. The van der Waals surface area contributed by atoms with E-state index in [0.717, 1.165) is 25.7 Å². The molecule has 5 heteroatoms. The Hall–Kier alpha value is -1.39. The van der Waals surface area contributed by atoms with E-state index in [1.807, 2.05) is 6.92 Å². The topological polar surface area (TPSA) is 76.2 Å².